The van der Waals surface area contributed by atoms with E-state index >= 15 is 0 Å². The van der Waals surface area contributed by atoms with Crippen LogP contribution in [0, 0.1) is 0 Å². The standard InChI is InChI=1S/C12H10F2O4/c13-12(14)17-8-3-2-7(6-9(8)18-12)11(10(15)16)4-1-5-11/h2-3,6H,1,4-5H2,(H,15,16). The number of benzene rings is 1. The molecule has 1 heterocycles. The van der Waals surface area contributed by atoms with Crippen LogP contribution in [-0.4, -0.2) is 17.4 Å². The molecule has 0 spiro atoms. The van der Waals surface area contributed by atoms with Crippen molar-refractivity contribution in [2.24, 2.45) is 0 Å². The average molecular weight is 256 g/mol. The third kappa shape index (κ3) is 1.45. The maximum absolute atomic E-state index is 12.9. The average Bonchev–Trinajstić information content (AvgIpc) is 2.48. The lowest BCUT2D eigenvalue weighted by Gasteiger charge is -2.38. The summed E-state index contributed by atoms with van der Waals surface area (Å²) in [7, 11) is 0. The minimum atomic E-state index is -3.67. The van der Waals surface area contributed by atoms with E-state index in [9.17, 15) is 18.7 Å². The summed E-state index contributed by atoms with van der Waals surface area (Å²) in [6, 6.07) is 4.18. The Labute approximate surface area is 101 Å². The van der Waals surface area contributed by atoms with Crippen molar-refractivity contribution in [3.8, 4) is 11.5 Å². The highest BCUT2D eigenvalue weighted by molar-refractivity contribution is 5.83. The van der Waals surface area contributed by atoms with Gasteiger partial charge < -0.3 is 14.6 Å². The molecule has 1 fully saturated rings. The van der Waals surface area contributed by atoms with E-state index in [0.29, 0.717) is 18.4 Å². The molecule has 1 aliphatic heterocycles. The normalized spacial score (nSPS) is 22.3. The Bertz CT molecular complexity index is 523. The van der Waals surface area contributed by atoms with Gasteiger partial charge >= 0.3 is 12.3 Å². The van der Waals surface area contributed by atoms with Gasteiger partial charge in [0.05, 0.1) is 5.41 Å². The fourth-order valence-electron chi connectivity index (χ4n) is 2.40. The largest absolute Gasteiger partial charge is 0.586 e. The SMILES string of the molecule is O=C(O)C1(c2ccc3c(c2)OC(F)(F)O3)CCC1. The Morgan fingerprint density at radius 2 is 1.89 bits per heavy atom. The van der Waals surface area contributed by atoms with Crippen LogP contribution >= 0.6 is 0 Å². The zero-order valence-electron chi connectivity index (χ0n) is 9.28. The summed E-state index contributed by atoms with van der Waals surface area (Å²) in [5.74, 6) is -1.10. The molecular formula is C12H10F2O4. The Hall–Kier alpha value is -1.85. The fraction of sp³-hybridized carbons (Fsp3) is 0.417. The molecule has 1 N–H and O–H groups in total. The van der Waals surface area contributed by atoms with E-state index in [2.05, 4.69) is 9.47 Å². The first-order valence-corrected chi connectivity index (χ1v) is 5.57. The van der Waals surface area contributed by atoms with Gasteiger partial charge in [0.2, 0.25) is 0 Å². The predicted octanol–water partition coefficient (Wildman–Crippen LogP) is 2.51. The molecule has 0 bridgehead atoms. The third-order valence-corrected chi connectivity index (χ3v) is 3.57. The minimum Gasteiger partial charge on any atom is -0.481 e. The van der Waals surface area contributed by atoms with Crippen molar-refractivity contribution in [3.63, 3.8) is 0 Å². The lowest BCUT2D eigenvalue weighted by molar-refractivity contribution is -0.286. The number of fused-ring (bicyclic) bond motifs is 1. The van der Waals surface area contributed by atoms with Gasteiger partial charge in [0.1, 0.15) is 0 Å². The van der Waals surface area contributed by atoms with Gasteiger partial charge in [-0.25, -0.2) is 0 Å². The van der Waals surface area contributed by atoms with E-state index in [1.807, 2.05) is 0 Å². The molecule has 0 atom stereocenters. The van der Waals surface area contributed by atoms with Crippen LogP contribution in [0.2, 0.25) is 0 Å². The van der Waals surface area contributed by atoms with E-state index in [1.54, 1.807) is 0 Å². The van der Waals surface area contributed by atoms with Gasteiger partial charge in [0.15, 0.2) is 11.5 Å². The maximum atomic E-state index is 12.9. The zero-order chi connectivity index (χ0) is 13.0. The number of hydrogen-bond donors (Lipinski definition) is 1. The van der Waals surface area contributed by atoms with E-state index in [-0.39, 0.29) is 11.5 Å². The van der Waals surface area contributed by atoms with Gasteiger partial charge in [-0.2, -0.15) is 0 Å². The van der Waals surface area contributed by atoms with Crippen LogP contribution in [-0.2, 0) is 10.2 Å². The first kappa shape index (κ1) is 11.3. The number of carboxylic acid groups (broad SMARTS) is 1. The summed E-state index contributed by atoms with van der Waals surface area (Å²) >= 11 is 0. The molecular weight excluding hydrogens is 246 g/mol. The van der Waals surface area contributed by atoms with E-state index in [1.165, 1.54) is 18.2 Å². The summed E-state index contributed by atoms with van der Waals surface area (Å²) in [6.07, 6.45) is -1.83. The van der Waals surface area contributed by atoms with Crippen molar-refractivity contribution < 1.29 is 28.2 Å². The summed E-state index contributed by atoms with van der Waals surface area (Å²) in [5.41, 5.74) is -0.475. The summed E-state index contributed by atoms with van der Waals surface area (Å²) in [6.45, 7) is 0. The predicted molar refractivity (Wildman–Crippen MR) is 55.8 cm³/mol. The molecule has 0 radical (unpaired) electrons. The number of aliphatic carboxylic acids is 1. The highest BCUT2D eigenvalue weighted by Crippen LogP contribution is 2.48. The fourth-order valence-corrected chi connectivity index (χ4v) is 2.40. The maximum Gasteiger partial charge on any atom is 0.586 e. The Balaban J connectivity index is 2.00. The highest BCUT2D eigenvalue weighted by atomic mass is 19.3. The van der Waals surface area contributed by atoms with Crippen LogP contribution in [0.3, 0.4) is 0 Å². The van der Waals surface area contributed by atoms with E-state index in [0.717, 1.165) is 6.42 Å². The zero-order valence-corrected chi connectivity index (χ0v) is 9.28. The Kier molecular flexibility index (Phi) is 2.09. The van der Waals surface area contributed by atoms with Gasteiger partial charge in [-0.15, -0.1) is 8.78 Å². The molecule has 1 aliphatic carbocycles. The monoisotopic (exact) mass is 256 g/mol. The number of rotatable bonds is 2. The van der Waals surface area contributed by atoms with Gasteiger partial charge in [-0.3, -0.25) is 4.79 Å². The number of halogens is 2. The van der Waals surface area contributed by atoms with Crippen molar-refractivity contribution in [2.75, 3.05) is 0 Å². The Morgan fingerprint density at radius 3 is 2.44 bits per heavy atom. The molecule has 0 aromatic heterocycles. The molecule has 2 aliphatic rings. The van der Waals surface area contributed by atoms with Crippen LogP contribution in [0.1, 0.15) is 24.8 Å². The van der Waals surface area contributed by atoms with Crippen LogP contribution in [0.15, 0.2) is 18.2 Å². The number of ether oxygens (including phenoxy) is 2. The molecule has 6 heteroatoms. The summed E-state index contributed by atoms with van der Waals surface area (Å²) in [4.78, 5) is 11.3. The second kappa shape index (κ2) is 3.34. The topological polar surface area (TPSA) is 55.8 Å². The van der Waals surface area contributed by atoms with Crippen LogP contribution < -0.4 is 9.47 Å². The second-order valence-electron chi connectivity index (χ2n) is 4.57. The number of hydrogen-bond acceptors (Lipinski definition) is 3. The lowest BCUT2D eigenvalue weighted by Crippen LogP contribution is -2.42. The number of carbonyl (C=O) groups is 1. The molecule has 0 unspecified atom stereocenters. The third-order valence-electron chi connectivity index (χ3n) is 3.57. The van der Waals surface area contributed by atoms with E-state index < -0.39 is 17.7 Å². The molecule has 18 heavy (non-hydrogen) atoms. The number of alkyl halides is 2. The Morgan fingerprint density at radius 1 is 1.22 bits per heavy atom. The first-order valence-electron chi connectivity index (χ1n) is 5.57. The minimum absolute atomic E-state index is 0.0661. The van der Waals surface area contributed by atoms with Gasteiger partial charge in [-0.05, 0) is 30.5 Å². The van der Waals surface area contributed by atoms with Crippen molar-refractivity contribution in [2.45, 2.75) is 31.0 Å². The summed E-state index contributed by atoms with van der Waals surface area (Å²) in [5, 5.41) is 9.27. The molecule has 1 aromatic carbocycles. The molecule has 1 saturated carbocycles. The quantitative estimate of drug-likeness (QED) is 0.883. The van der Waals surface area contributed by atoms with Gasteiger partial charge in [-0.1, -0.05) is 12.5 Å². The molecule has 3 rings (SSSR count). The van der Waals surface area contributed by atoms with Crippen molar-refractivity contribution >= 4 is 5.97 Å². The van der Waals surface area contributed by atoms with Crippen molar-refractivity contribution in [1.29, 1.82) is 0 Å². The molecule has 96 valence electrons. The molecule has 4 nitrogen and oxygen atoms in total. The van der Waals surface area contributed by atoms with E-state index in [4.69, 9.17) is 0 Å². The first-order chi connectivity index (χ1) is 8.43. The van der Waals surface area contributed by atoms with Gasteiger partial charge in [0, 0.05) is 0 Å². The molecule has 1 aromatic rings. The van der Waals surface area contributed by atoms with Crippen LogP contribution in [0.25, 0.3) is 0 Å². The summed E-state index contributed by atoms with van der Waals surface area (Å²) < 4.78 is 34.3. The van der Waals surface area contributed by atoms with Crippen molar-refractivity contribution in [1.82, 2.24) is 0 Å². The van der Waals surface area contributed by atoms with Crippen molar-refractivity contribution in [3.05, 3.63) is 23.8 Å². The van der Waals surface area contributed by atoms with Crippen LogP contribution in [0.5, 0.6) is 11.5 Å². The second-order valence-corrected chi connectivity index (χ2v) is 4.57. The highest BCUT2D eigenvalue weighted by Gasteiger charge is 2.48. The van der Waals surface area contributed by atoms with Gasteiger partial charge in [0.25, 0.3) is 0 Å². The lowest BCUT2D eigenvalue weighted by atomic mass is 9.64. The smallest absolute Gasteiger partial charge is 0.481 e. The molecule has 0 amide bonds. The van der Waals surface area contributed by atoms with Crippen LogP contribution in [0.4, 0.5) is 8.78 Å². The number of carboxylic acids is 1. The molecule has 0 saturated heterocycles.